The summed E-state index contributed by atoms with van der Waals surface area (Å²) in [6.45, 7) is 3.90. The zero-order valence-corrected chi connectivity index (χ0v) is 12.6. The number of hydrogen-bond acceptors (Lipinski definition) is 2. The normalized spacial score (nSPS) is 11.2. The second-order valence-electron chi connectivity index (χ2n) is 5.22. The molecule has 1 amide bonds. The molecule has 4 heteroatoms. The molecule has 0 aliphatic rings. The van der Waals surface area contributed by atoms with Crippen molar-refractivity contribution in [3.63, 3.8) is 0 Å². The van der Waals surface area contributed by atoms with E-state index in [2.05, 4.69) is 15.5 Å². The molecule has 4 nitrogen and oxygen atoms in total. The van der Waals surface area contributed by atoms with Gasteiger partial charge >= 0.3 is 0 Å². The number of para-hydroxylation sites is 1. The molecule has 110 valence electrons. The summed E-state index contributed by atoms with van der Waals surface area (Å²) in [5.41, 5.74) is 7.22. The van der Waals surface area contributed by atoms with Crippen molar-refractivity contribution >= 4 is 23.0 Å². The molecule has 0 aliphatic carbocycles. The Morgan fingerprint density at radius 1 is 1.09 bits per heavy atom. The molecule has 0 fully saturated rings. The fourth-order valence-corrected chi connectivity index (χ4v) is 2.51. The van der Waals surface area contributed by atoms with E-state index in [4.69, 9.17) is 0 Å². The lowest BCUT2D eigenvalue weighted by molar-refractivity contribution is 0.0954. The number of carbonyl (C=O) groups excluding carboxylic acids is 1. The number of hydrazone groups is 1. The zero-order valence-electron chi connectivity index (χ0n) is 12.6. The first-order valence-corrected chi connectivity index (χ1v) is 7.13. The molecule has 0 unspecified atom stereocenters. The van der Waals surface area contributed by atoms with Crippen molar-refractivity contribution in [1.29, 1.82) is 0 Å². The Morgan fingerprint density at radius 2 is 1.82 bits per heavy atom. The number of hydrogen-bond donors (Lipinski definition) is 2. The highest BCUT2D eigenvalue weighted by Crippen LogP contribution is 2.19. The van der Waals surface area contributed by atoms with Crippen LogP contribution in [0.5, 0.6) is 0 Å². The summed E-state index contributed by atoms with van der Waals surface area (Å²) in [7, 11) is 0. The fraction of sp³-hybridized carbons (Fsp3) is 0.111. The van der Waals surface area contributed by atoms with E-state index in [-0.39, 0.29) is 5.91 Å². The van der Waals surface area contributed by atoms with Gasteiger partial charge < -0.3 is 4.98 Å². The van der Waals surface area contributed by atoms with E-state index in [9.17, 15) is 4.79 Å². The molecule has 0 bridgehead atoms. The van der Waals surface area contributed by atoms with Crippen molar-refractivity contribution in [3.8, 4) is 0 Å². The van der Waals surface area contributed by atoms with Gasteiger partial charge in [0.1, 0.15) is 0 Å². The molecule has 0 saturated carbocycles. The van der Waals surface area contributed by atoms with Crippen molar-refractivity contribution in [3.05, 3.63) is 70.9 Å². The number of rotatable bonds is 3. The molecule has 3 aromatic rings. The average molecular weight is 291 g/mol. The maximum atomic E-state index is 12.1. The van der Waals surface area contributed by atoms with Gasteiger partial charge in [-0.1, -0.05) is 36.4 Å². The molecule has 2 aromatic carbocycles. The summed E-state index contributed by atoms with van der Waals surface area (Å²) < 4.78 is 0. The van der Waals surface area contributed by atoms with E-state index in [0.717, 1.165) is 27.7 Å². The number of fused-ring (bicyclic) bond motifs is 1. The number of carbonyl (C=O) groups is 1. The van der Waals surface area contributed by atoms with E-state index in [1.54, 1.807) is 12.3 Å². The van der Waals surface area contributed by atoms with Gasteiger partial charge in [0.05, 0.1) is 6.21 Å². The number of H-pyrrole nitrogens is 1. The third kappa shape index (κ3) is 2.63. The Bertz CT molecular complexity index is 862. The minimum absolute atomic E-state index is 0.202. The molecule has 3 rings (SSSR count). The number of aromatic amines is 1. The highest BCUT2D eigenvalue weighted by atomic mass is 16.2. The monoisotopic (exact) mass is 291 g/mol. The van der Waals surface area contributed by atoms with Crippen LogP contribution >= 0.6 is 0 Å². The topological polar surface area (TPSA) is 57.2 Å². The number of benzene rings is 2. The summed E-state index contributed by atoms with van der Waals surface area (Å²) in [6, 6.07) is 15.5. The third-order valence-electron chi connectivity index (χ3n) is 3.69. The minimum atomic E-state index is -0.202. The van der Waals surface area contributed by atoms with Crippen molar-refractivity contribution < 1.29 is 4.79 Å². The highest BCUT2D eigenvalue weighted by Gasteiger charge is 2.08. The predicted octanol–water partition coefficient (Wildman–Crippen LogP) is 3.55. The molecule has 2 N–H and O–H groups in total. The molecule has 0 spiro atoms. The van der Waals surface area contributed by atoms with Gasteiger partial charge in [-0.15, -0.1) is 0 Å². The Labute approximate surface area is 128 Å². The number of nitrogens with zero attached hydrogens (tertiary/aromatic N) is 1. The lowest BCUT2D eigenvalue weighted by Crippen LogP contribution is -2.18. The zero-order chi connectivity index (χ0) is 15.5. The van der Waals surface area contributed by atoms with Crippen LogP contribution < -0.4 is 5.43 Å². The molecular weight excluding hydrogens is 274 g/mol. The fourth-order valence-electron chi connectivity index (χ4n) is 2.51. The predicted molar refractivity (Wildman–Crippen MR) is 89.3 cm³/mol. The standard InChI is InChI=1S/C18H17N3O/c1-12-7-3-4-8-14(12)18(22)21-19-11-16-13(2)20-17-10-6-5-9-15(16)17/h3-11,20H,1-2H3,(H,21,22). The van der Waals surface area contributed by atoms with Crippen LogP contribution in [0.1, 0.15) is 27.2 Å². The number of nitrogens with one attached hydrogen (secondary N) is 2. The molecule has 22 heavy (non-hydrogen) atoms. The second kappa shape index (κ2) is 5.85. The first-order valence-electron chi connectivity index (χ1n) is 7.13. The van der Waals surface area contributed by atoms with Crippen molar-refractivity contribution in [1.82, 2.24) is 10.4 Å². The van der Waals surface area contributed by atoms with Gasteiger partial charge in [0.2, 0.25) is 0 Å². The Hall–Kier alpha value is -2.88. The van der Waals surface area contributed by atoms with Gasteiger partial charge in [0.15, 0.2) is 0 Å². The number of aryl methyl sites for hydroxylation is 2. The summed E-state index contributed by atoms with van der Waals surface area (Å²) >= 11 is 0. The smallest absolute Gasteiger partial charge is 0.271 e. The average Bonchev–Trinajstić information content (AvgIpc) is 2.83. The van der Waals surface area contributed by atoms with E-state index < -0.39 is 0 Å². The van der Waals surface area contributed by atoms with Gasteiger partial charge in [0, 0.05) is 27.7 Å². The molecular formula is C18H17N3O. The number of amides is 1. The van der Waals surface area contributed by atoms with E-state index in [1.807, 2.05) is 56.3 Å². The quantitative estimate of drug-likeness (QED) is 0.562. The van der Waals surface area contributed by atoms with Crippen LogP contribution in [-0.4, -0.2) is 17.1 Å². The maximum absolute atomic E-state index is 12.1. The van der Waals surface area contributed by atoms with Crippen LogP contribution in [0.4, 0.5) is 0 Å². The molecule has 1 heterocycles. The van der Waals surface area contributed by atoms with Gasteiger partial charge in [-0.3, -0.25) is 4.79 Å². The first-order chi connectivity index (χ1) is 10.7. The van der Waals surface area contributed by atoms with Gasteiger partial charge in [-0.25, -0.2) is 5.43 Å². The third-order valence-corrected chi connectivity index (χ3v) is 3.69. The minimum Gasteiger partial charge on any atom is -0.358 e. The maximum Gasteiger partial charge on any atom is 0.271 e. The van der Waals surface area contributed by atoms with E-state index in [0.29, 0.717) is 5.56 Å². The molecule has 0 radical (unpaired) electrons. The highest BCUT2D eigenvalue weighted by molar-refractivity contribution is 6.01. The van der Waals surface area contributed by atoms with Crippen LogP contribution in [0.2, 0.25) is 0 Å². The molecule has 0 saturated heterocycles. The van der Waals surface area contributed by atoms with Crippen molar-refractivity contribution in [2.24, 2.45) is 5.10 Å². The van der Waals surface area contributed by atoms with Crippen LogP contribution in [0, 0.1) is 13.8 Å². The van der Waals surface area contributed by atoms with Gasteiger partial charge in [-0.2, -0.15) is 5.10 Å². The summed E-state index contributed by atoms with van der Waals surface area (Å²) in [5, 5.41) is 5.19. The van der Waals surface area contributed by atoms with Crippen molar-refractivity contribution in [2.75, 3.05) is 0 Å². The van der Waals surface area contributed by atoms with Gasteiger partial charge in [-0.05, 0) is 31.5 Å². The van der Waals surface area contributed by atoms with Crippen LogP contribution in [0.3, 0.4) is 0 Å². The van der Waals surface area contributed by atoms with Crippen LogP contribution in [0.25, 0.3) is 10.9 Å². The largest absolute Gasteiger partial charge is 0.358 e. The van der Waals surface area contributed by atoms with Gasteiger partial charge in [0.25, 0.3) is 5.91 Å². The lowest BCUT2D eigenvalue weighted by atomic mass is 10.1. The SMILES string of the molecule is Cc1ccccc1C(=O)NN=Cc1c(C)[nH]c2ccccc12. The molecule has 1 aromatic heterocycles. The first kappa shape index (κ1) is 14.1. The Morgan fingerprint density at radius 3 is 2.64 bits per heavy atom. The summed E-state index contributed by atoms with van der Waals surface area (Å²) in [5.74, 6) is -0.202. The van der Waals surface area contributed by atoms with Crippen LogP contribution in [-0.2, 0) is 0 Å². The molecule has 0 atom stereocenters. The summed E-state index contributed by atoms with van der Waals surface area (Å²) in [6.07, 6.45) is 1.68. The van der Waals surface area contributed by atoms with E-state index >= 15 is 0 Å². The Kier molecular flexibility index (Phi) is 3.74. The van der Waals surface area contributed by atoms with Crippen molar-refractivity contribution in [2.45, 2.75) is 13.8 Å². The molecule has 0 aliphatic heterocycles. The number of aromatic nitrogens is 1. The lowest BCUT2D eigenvalue weighted by Gasteiger charge is -2.03. The van der Waals surface area contributed by atoms with Crippen LogP contribution in [0.15, 0.2) is 53.6 Å². The second-order valence-corrected chi connectivity index (χ2v) is 5.22. The summed E-state index contributed by atoms with van der Waals surface area (Å²) in [4.78, 5) is 15.4. The Balaban J connectivity index is 1.81. The van der Waals surface area contributed by atoms with E-state index in [1.165, 1.54) is 0 Å².